The Balaban J connectivity index is 1.39. The Hall–Kier alpha value is -3.82. The summed E-state index contributed by atoms with van der Waals surface area (Å²) in [4.78, 5) is 49.6. The van der Waals surface area contributed by atoms with E-state index in [2.05, 4.69) is 10.3 Å². The Labute approximate surface area is 280 Å². The normalized spacial score (nSPS) is 24.4. The van der Waals surface area contributed by atoms with Gasteiger partial charge in [0.2, 0.25) is 5.91 Å². The molecule has 3 fully saturated rings. The largest absolute Gasteiger partial charge is 0.481 e. The topological polar surface area (TPSA) is 128 Å². The predicted octanol–water partition coefficient (Wildman–Crippen LogP) is 4.16. The minimum atomic E-state index is -3.28. The quantitative estimate of drug-likeness (QED) is 0.335. The van der Waals surface area contributed by atoms with Crippen LogP contribution in [0.5, 0.6) is 0 Å². The number of nitrogens with one attached hydrogen (secondary N) is 1. The highest BCUT2D eigenvalue weighted by atomic mass is 32.1. The standard InChI is InChI=1S/C33H39F3N6O5S/c1-5-47-30(44)24-22(38-27(28-37-12-14-48-28)39-25(24)20-7-6-8-21(34)18(20)2)15-40-17-33(35,36)26-23(40)16-42(29(43)19-9-10-19)41(26)13-11-32(3,4)31(45)46/h6-8,12,14,19,23,25-26H,5,9-11,13,15-17H2,1-4H3,(H,38,39)(H,45,46)/t23?,25-,26?/m0/s1. The molecular formula is C33H39F3N6O5S. The first-order valence-electron chi connectivity index (χ1n) is 16.1. The van der Waals surface area contributed by atoms with Crippen molar-refractivity contribution < 1.29 is 37.4 Å². The van der Waals surface area contributed by atoms with Crippen LogP contribution in [0.1, 0.15) is 62.2 Å². The van der Waals surface area contributed by atoms with E-state index in [1.165, 1.54) is 47.3 Å². The summed E-state index contributed by atoms with van der Waals surface area (Å²) >= 11 is 1.29. The molecule has 0 spiro atoms. The number of hydrogen-bond acceptors (Lipinski definition) is 10. The number of carbonyl (C=O) groups is 3. The second-order valence-corrected chi connectivity index (χ2v) is 14.3. The molecule has 2 saturated heterocycles. The summed E-state index contributed by atoms with van der Waals surface area (Å²) in [6, 6.07) is 1.27. The van der Waals surface area contributed by atoms with Gasteiger partial charge in [-0.3, -0.25) is 24.5 Å². The molecule has 2 N–H and O–H groups in total. The van der Waals surface area contributed by atoms with E-state index in [4.69, 9.17) is 9.73 Å². The highest BCUT2D eigenvalue weighted by Crippen LogP contribution is 2.45. The fourth-order valence-corrected chi connectivity index (χ4v) is 7.27. The van der Waals surface area contributed by atoms with Crippen LogP contribution in [-0.2, 0) is 19.1 Å². The summed E-state index contributed by atoms with van der Waals surface area (Å²) in [5.41, 5.74) is -0.151. The predicted molar refractivity (Wildman–Crippen MR) is 171 cm³/mol. The Morgan fingerprint density at radius 3 is 2.62 bits per heavy atom. The van der Waals surface area contributed by atoms with Gasteiger partial charge >= 0.3 is 11.9 Å². The Kier molecular flexibility index (Phi) is 9.15. The molecule has 3 aliphatic heterocycles. The van der Waals surface area contributed by atoms with E-state index in [9.17, 15) is 23.9 Å². The summed E-state index contributed by atoms with van der Waals surface area (Å²) in [5, 5.41) is 17.9. The van der Waals surface area contributed by atoms with Crippen molar-refractivity contribution in [1.29, 1.82) is 0 Å². The zero-order valence-electron chi connectivity index (χ0n) is 27.2. The van der Waals surface area contributed by atoms with Crippen molar-refractivity contribution in [3.8, 4) is 0 Å². The molecule has 0 bridgehead atoms. The average molecular weight is 689 g/mol. The molecule has 1 aromatic heterocycles. The third kappa shape index (κ3) is 6.34. The number of rotatable bonds is 11. The van der Waals surface area contributed by atoms with Crippen LogP contribution < -0.4 is 5.32 Å². The Morgan fingerprint density at radius 2 is 1.98 bits per heavy atom. The van der Waals surface area contributed by atoms with Crippen molar-refractivity contribution in [3.05, 3.63) is 63.0 Å². The number of aromatic nitrogens is 1. The van der Waals surface area contributed by atoms with Crippen LogP contribution in [0.2, 0.25) is 0 Å². The molecule has 258 valence electrons. The number of amidine groups is 1. The molecule has 1 saturated carbocycles. The van der Waals surface area contributed by atoms with Crippen molar-refractivity contribution in [3.63, 3.8) is 0 Å². The van der Waals surface area contributed by atoms with Crippen LogP contribution in [0, 0.1) is 24.1 Å². The van der Waals surface area contributed by atoms with Crippen LogP contribution in [0.15, 0.2) is 46.0 Å². The third-order valence-corrected chi connectivity index (χ3v) is 10.4. The van der Waals surface area contributed by atoms with Crippen molar-refractivity contribution in [2.24, 2.45) is 16.3 Å². The first-order valence-corrected chi connectivity index (χ1v) is 16.9. The molecule has 0 radical (unpaired) electrons. The number of esters is 1. The first kappa shape index (κ1) is 34.1. The number of carbonyl (C=O) groups excluding carboxylic acids is 2. The van der Waals surface area contributed by atoms with Crippen LogP contribution in [0.3, 0.4) is 0 Å². The minimum absolute atomic E-state index is 0.00896. The number of ether oxygens (including phenoxy) is 1. The van der Waals surface area contributed by atoms with E-state index in [-0.39, 0.29) is 61.3 Å². The highest BCUT2D eigenvalue weighted by Gasteiger charge is 2.63. The van der Waals surface area contributed by atoms with Gasteiger partial charge in [-0.25, -0.2) is 28.0 Å². The van der Waals surface area contributed by atoms with Crippen LogP contribution in [0.25, 0.3) is 0 Å². The van der Waals surface area contributed by atoms with E-state index >= 15 is 8.78 Å². The molecule has 1 aromatic carbocycles. The van der Waals surface area contributed by atoms with Gasteiger partial charge in [-0.1, -0.05) is 12.1 Å². The Morgan fingerprint density at radius 1 is 1.23 bits per heavy atom. The fourth-order valence-electron chi connectivity index (χ4n) is 6.69. The van der Waals surface area contributed by atoms with Crippen molar-refractivity contribution in [1.82, 2.24) is 25.2 Å². The lowest BCUT2D eigenvalue weighted by Crippen LogP contribution is -2.52. The second kappa shape index (κ2) is 12.9. The fraction of sp³-hybridized carbons (Fsp3) is 0.545. The molecule has 1 amide bonds. The molecule has 4 heterocycles. The number of benzene rings is 1. The lowest BCUT2D eigenvalue weighted by molar-refractivity contribution is -0.159. The lowest BCUT2D eigenvalue weighted by atomic mass is 9.89. The molecule has 11 nitrogen and oxygen atoms in total. The van der Waals surface area contributed by atoms with Gasteiger partial charge in [0.15, 0.2) is 10.8 Å². The monoisotopic (exact) mass is 688 g/mol. The first-order chi connectivity index (χ1) is 22.7. The number of aliphatic carboxylic acids is 1. The van der Waals surface area contributed by atoms with E-state index in [0.717, 1.165) is 0 Å². The maximum atomic E-state index is 16.2. The average Bonchev–Trinajstić information content (AvgIpc) is 3.48. The number of carboxylic acid groups (broad SMARTS) is 1. The van der Waals surface area contributed by atoms with E-state index in [1.807, 2.05) is 0 Å². The number of thiazole rings is 1. The minimum Gasteiger partial charge on any atom is -0.481 e. The summed E-state index contributed by atoms with van der Waals surface area (Å²) in [6.07, 6.45) is 3.00. The highest BCUT2D eigenvalue weighted by molar-refractivity contribution is 7.11. The molecule has 48 heavy (non-hydrogen) atoms. The van der Waals surface area contributed by atoms with Gasteiger partial charge in [-0.05, 0) is 64.2 Å². The number of carboxylic acids is 1. The van der Waals surface area contributed by atoms with E-state index in [1.54, 1.807) is 36.4 Å². The number of amides is 1. The van der Waals surface area contributed by atoms with Crippen LogP contribution >= 0.6 is 11.3 Å². The maximum absolute atomic E-state index is 16.2. The molecule has 6 rings (SSSR count). The van der Waals surface area contributed by atoms with Crippen LogP contribution in [-0.4, -0.2) is 99.5 Å². The number of hydrogen-bond donors (Lipinski definition) is 2. The number of fused-ring (bicyclic) bond motifs is 1. The smallest absolute Gasteiger partial charge is 0.338 e. The third-order valence-electron chi connectivity index (χ3n) is 9.62. The zero-order chi connectivity index (χ0) is 34.5. The van der Waals surface area contributed by atoms with Gasteiger partial charge in [-0.2, -0.15) is 0 Å². The lowest BCUT2D eigenvalue weighted by Gasteiger charge is -2.35. The summed E-state index contributed by atoms with van der Waals surface area (Å²) in [5.74, 6) is -5.71. The summed E-state index contributed by atoms with van der Waals surface area (Å²) in [6.45, 7) is 5.48. The van der Waals surface area contributed by atoms with Crippen molar-refractivity contribution >= 4 is 35.0 Å². The number of aliphatic imine (C=N–C) groups is 1. The number of halogens is 3. The molecule has 15 heteroatoms. The van der Waals surface area contributed by atoms with Gasteiger partial charge < -0.3 is 15.2 Å². The van der Waals surface area contributed by atoms with Crippen molar-refractivity contribution in [2.75, 3.05) is 32.8 Å². The molecule has 3 atom stereocenters. The molecule has 1 aliphatic carbocycles. The number of alkyl halides is 2. The van der Waals surface area contributed by atoms with Crippen molar-refractivity contribution in [2.45, 2.75) is 71.0 Å². The number of hydrazine groups is 1. The molecule has 2 unspecified atom stereocenters. The van der Waals surface area contributed by atoms with Gasteiger partial charge in [0, 0.05) is 36.3 Å². The molecule has 2 aromatic rings. The molecular weight excluding hydrogens is 649 g/mol. The zero-order valence-corrected chi connectivity index (χ0v) is 28.0. The summed E-state index contributed by atoms with van der Waals surface area (Å²) in [7, 11) is 0. The number of likely N-dealkylation sites (tertiary alicyclic amines) is 1. The maximum Gasteiger partial charge on any atom is 0.338 e. The summed E-state index contributed by atoms with van der Waals surface area (Å²) < 4.78 is 52.6. The number of nitrogens with zero attached hydrogens (tertiary/aromatic N) is 5. The Bertz CT molecular complexity index is 1660. The van der Waals surface area contributed by atoms with E-state index in [0.29, 0.717) is 29.2 Å². The second-order valence-electron chi connectivity index (χ2n) is 13.4. The van der Waals surface area contributed by atoms with Gasteiger partial charge in [0.25, 0.3) is 5.92 Å². The van der Waals surface area contributed by atoms with Crippen LogP contribution in [0.4, 0.5) is 13.2 Å². The van der Waals surface area contributed by atoms with Gasteiger partial charge in [0.1, 0.15) is 17.9 Å². The van der Waals surface area contributed by atoms with Gasteiger partial charge in [0.05, 0.1) is 36.7 Å². The molecule has 4 aliphatic rings. The van der Waals surface area contributed by atoms with E-state index < -0.39 is 53.8 Å². The van der Waals surface area contributed by atoms with Gasteiger partial charge in [-0.15, -0.1) is 11.3 Å². The SMILES string of the molecule is CCOC(=O)C1=C(CN2CC(F)(F)C3C2CN(C(=O)C2CC2)N3CCC(C)(C)C(=O)O)NC(c2nccs2)=N[C@H]1c1cccc(F)c1C.